The first-order valence-electron chi connectivity index (χ1n) is 5.85. The molecule has 25 heavy (non-hydrogen) atoms. The second-order valence-electron chi connectivity index (χ2n) is 4.69. The second kappa shape index (κ2) is 6.94. The van der Waals surface area contributed by atoms with Crippen LogP contribution in [0.4, 0.5) is 52.7 Å². The monoisotopic (exact) mass is 400 g/mol. The van der Waals surface area contributed by atoms with Crippen LogP contribution in [-0.2, 0) is 4.79 Å². The first-order valence-corrected chi connectivity index (χ1v) is 5.85. The molecular weight excluding hydrogens is 392 g/mol. The molecule has 0 aliphatic carbocycles. The summed E-state index contributed by atoms with van der Waals surface area (Å²) in [4.78, 5) is 10.3. The highest BCUT2D eigenvalue weighted by Gasteiger charge is 2.84. The fourth-order valence-electron chi connectivity index (χ4n) is 1.32. The minimum absolute atomic E-state index is 0.379. The van der Waals surface area contributed by atoms with E-state index in [1.54, 1.807) is 0 Å². The molecule has 0 radical (unpaired) electrons. The Kier molecular flexibility index (Phi) is 6.49. The van der Waals surface area contributed by atoms with Crippen LogP contribution in [0, 0.1) is 0 Å². The van der Waals surface area contributed by atoms with Gasteiger partial charge in [0.25, 0.3) is 6.43 Å². The van der Waals surface area contributed by atoms with E-state index in [2.05, 4.69) is 0 Å². The van der Waals surface area contributed by atoms with E-state index in [0.717, 1.165) is 0 Å². The molecule has 0 aliphatic heterocycles. The summed E-state index contributed by atoms with van der Waals surface area (Å²) in [6.45, 7) is 0.379. The van der Waals surface area contributed by atoms with Crippen molar-refractivity contribution in [3.8, 4) is 0 Å². The van der Waals surface area contributed by atoms with E-state index in [0.29, 0.717) is 6.92 Å². The predicted octanol–water partition coefficient (Wildman–Crippen LogP) is 4.50. The quantitative estimate of drug-likeness (QED) is 0.481. The number of aliphatic carboxylic acids is 1. The van der Waals surface area contributed by atoms with Crippen LogP contribution in [0.3, 0.4) is 0 Å². The molecule has 0 saturated heterocycles. The Morgan fingerprint density at radius 2 is 1.20 bits per heavy atom. The van der Waals surface area contributed by atoms with Crippen LogP contribution < -0.4 is 0 Å². The molecular formula is C11H8F12O2. The van der Waals surface area contributed by atoms with Gasteiger partial charge in [-0.2, -0.15) is 35.1 Å². The molecule has 0 bridgehead atoms. The summed E-state index contributed by atoms with van der Waals surface area (Å²) < 4.78 is 154. The number of hydrogen-bond donors (Lipinski definition) is 1. The zero-order valence-corrected chi connectivity index (χ0v) is 11.7. The average molecular weight is 400 g/mol. The van der Waals surface area contributed by atoms with Gasteiger partial charge < -0.3 is 5.11 Å². The van der Waals surface area contributed by atoms with Gasteiger partial charge in [-0.25, -0.2) is 22.4 Å². The molecule has 0 amide bonds. The zero-order chi connectivity index (χ0) is 20.6. The Labute approximate surface area is 131 Å². The van der Waals surface area contributed by atoms with E-state index in [1.165, 1.54) is 0 Å². The summed E-state index contributed by atoms with van der Waals surface area (Å²) in [7, 11) is 0. The Hall–Kier alpha value is -1.63. The molecule has 0 fully saturated rings. The van der Waals surface area contributed by atoms with Gasteiger partial charge in [0, 0.05) is 5.57 Å². The van der Waals surface area contributed by atoms with E-state index in [1.807, 2.05) is 0 Å². The van der Waals surface area contributed by atoms with Gasteiger partial charge in [-0.05, 0) is 13.0 Å². The zero-order valence-electron chi connectivity index (χ0n) is 11.7. The third-order valence-electron chi connectivity index (χ3n) is 2.88. The van der Waals surface area contributed by atoms with Crippen molar-refractivity contribution >= 4 is 5.97 Å². The lowest BCUT2D eigenvalue weighted by atomic mass is 9.92. The Bertz CT molecular complexity index is 527. The smallest absolute Gasteiger partial charge is 0.381 e. The van der Waals surface area contributed by atoms with Gasteiger partial charge in [-0.1, -0.05) is 0 Å². The SMILES string of the molecule is CC(=CC(F)C(F)(F)C(F)(F)C(F)(F)C(F)(F)C(F)C(F)F)C(=O)O. The van der Waals surface area contributed by atoms with E-state index in [4.69, 9.17) is 5.11 Å². The number of carbonyl (C=O) groups is 1. The van der Waals surface area contributed by atoms with Crippen molar-refractivity contribution in [1.82, 2.24) is 0 Å². The average Bonchev–Trinajstić information content (AvgIpc) is 2.44. The van der Waals surface area contributed by atoms with Gasteiger partial charge in [0.05, 0.1) is 0 Å². The first kappa shape index (κ1) is 23.4. The van der Waals surface area contributed by atoms with Crippen LogP contribution in [-0.4, -0.2) is 53.5 Å². The number of rotatable bonds is 8. The molecule has 2 unspecified atom stereocenters. The lowest BCUT2D eigenvalue weighted by Gasteiger charge is -2.38. The third kappa shape index (κ3) is 3.81. The summed E-state index contributed by atoms with van der Waals surface area (Å²) >= 11 is 0. The molecule has 2 nitrogen and oxygen atoms in total. The van der Waals surface area contributed by atoms with Gasteiger partial charge in [-0.3, -0.25) is 0 Å². The molecule has 1 N–H and O–H groups in total. The maximum absolute atomic E-state index is 13.2. The second-order valence-corrected chi connectivity index (χ2v) is 4.69. The molecule has 0 aromatic heterocycles. The van der Waals surface area contributed by atoms with Crippen LogP contribution in [0.2, 0.25) is 0 Å². The van der Waals surface area contributed by atoms with Crippen LogP contribution in [0.25, 0.3) is 0 Å². The Morgan fingerprint density at radius 1 is 0.840 bits per heavy atom. The Balaban J connectivity index is 6.08. The normalized spacial score (nSPS) is 17.6. The lowest BCUT2D eigenvalue weighted by Crippen LogP contribution is -2.67. The van der Waals surface area contributed by atoms with Gasteiger partial charge in [-0.15, -0.1) is 0 Å². The third-order valence-corrected chi connectivity index (χ3v) is 2.88. The molecule has 0 spiro atoms. The molecule has 0 aromatic rings. The first-order chi connectivity index (χ1) is 10.9. The molecule has 0 rings (SSSR count). The summed E-state index contributed by atoms with van der Waals surface area (Å²) in [5.74, 6) is -30.6. The van der Waals surface area contributed by atoms with Crippen LogP contribution >= 0.6 is 0 Å². The number of allylic oxidation sites excluding steroid dienone is 1. The summed E-state index contributed by atoms with van der Waals surface area (Å²) in [6.07, 6.45) is -15.5. The van der Waals surface area contributed by atoms with Crippen molar-refractivity contribution in [3.63, 3.8) is 0 Å². The fraction of sp³-hybridized carbons (Fsp3) is 0.727. The van der Waals surface area contributed by atoms with Crippen molar-refractivity contribution in [3.05, 3.63) is 11.6 Å². The maximum atomic E-state index is 13.2. The molecule has 0 aliphatic rings. The molecule has 0 saturated carbocycles. The fourth-order valence-corrected chi connectivity index (χ4v) is 1.32. The highest BCUT2D eigenvalue weighted by Crippen LogP contribution is 2.56. The number of carboxylic acids is 1. The van der Waals surface area contributed by atoms with E-state index >= 15 is 0 Å². The number of carboxylic acid groups (broad SMARTS) is 1. The van der Waals surface area contributed by atoms with Crippen LogP contribution in [0.1, 0.15) is 6.92 Å². The minimum atomic E-state index is -7.45. The van der Waals surface area contributed by atoms with Crippen molar-refractivity contribution in [2.75, 3.05) is 0 Å². The summed E-state index contributed by atoms with van der Waals surface area (Å²) in [6, 6.07) is 0. The van der Waals surface area contributed by atoms with Gasteiger partial charge in [0.2, 0.25) is 6.17 Å². The highest BCUT2D eigenvalue weighted by molar-refractivity contribution is 5.85. The molecule has 148 valence electrons. The topological polar surface area (TPSA) is 37.3 Å². The van der Waals surface area contributed by atoms with Crippen LogP contribution in [0.15, 0.2) is 11.6 Å². The van der Waals surface area contributed by atoms with Crippen molar-refractivity contribution in [2.45, 2.75) is 49.4 Å². The van der Waals surface area contributed by atoms with Crippen molar-refractivity contribution < 1.29 is 62.6 Å². The summed E-state index contributed by atoms with van der Waals surface area (Å²) in [5.41, 5.74) is -1.38. The largest absolute Gasteiger partial charge is 0.478 e. The standard InChI is InChI=1S/C11H8F12O2/c1-3(7(24)25)2-4(12)8(16,17)10(20,21)11(22,23)9(18,19)5(13)6(14)15/h2,4-6H,1H3,(H,24,25). The molecule has 0 aromatic carbocycles. The predicted molar refractivity (Wildman–Crippen MR) is 57.0 cm³/mol. The highest BCUT2D eigenvalue weighted by atomic mass is 19.4. The Morgan fingerprint density at radius 3 is 1.52 bits per heavy atom. The lowest BCUT2D eigenvalue weighted by molar-refractivity contribution is -0.385. The molecule has 2 atom stereocenters. The molecule has 0 heterocycles. The van der Waals surface area contributed by atoms with Gasteiger partial charge >= 0.3 is 29.7 Å². The molecule has 14 heteroatoms. The number of halogens is 12. The maximum Gasteiger partial charge on any atom is 0.381 e. The van der Waals surface area contributed by atoms with E-state index in [9.17, 15) is 57.5 Å². The van der Waals surface area contributed by atoms with Gasteiger partial charge in [0.15, 0.2) is 6.17 Å². The van der Waals surface area contributed by atoms with E-state index in [-0.39, 0.29) is 0 Å². The van der Waals surface area contributed by atoms with E-state index < -0.39 is 60.1 Å². The van der Waals surface area contributed by atoms with Crippen molar-refractivity contribution in [1.29, 1.82) is 0 Å². The van der Waals surface area contributed by atoms with Crippen molar-refractivity contribution in [2.24, 2.45) is 0 Å². The number of hydrogen-bond acceptors (Lipinski definition) is 1. The summed E-state index contributed by atoms with van der Waals surface area (Å²) in [5, 5.41) is 8.25. The minimum Gasteiger partial charge on any atom is -0.478 e. The van der Waals surface area contributed by atoms with Crippen LogP contribution in [0.5, 0.6) is 0 Å². The number of alkyl halides is 12. The van der Waals surface area contributed by atoms with Gasteiger partial charge in [0.1, 0.15) is 0 Å².